The number of anilines is 1. The average molecular weight is 522 g/mol. The molecule has 1 unspecified atom stereocenters. The predicted octanol–water partition coefficient (Wildman–Crippen LogP) is 4.44. The smallest absolute Gasteiger partial charge is 0.264 e. The summed E-state index contributed by atoms with van der Waals surface area (Å²) in [6, 6.07) is 22.0. The van der Waals surface area contributed by atoms with Crippen molar-refractivity contribution in [2.24, 2.45) is 0 Å². The van der Waals surface area contributed by atoms with Gasteiger partial charge in [-0.2, -0.15) is 0 Å². The number of nitrogens with one attached hydrogen (secondary N) is 1. The molecule has 8 heteroatoms. The molecule has 1 N–H and O–H groups in total. The van der Waals surface area contributed by atoms with Gasteiger partial charge in [-0.15, -0.1) is 0 Å². The molecule has 196 valence electrons. The minimum Gasteiger partial charge on any atom is -0.354 e. The van der Waals surface area contributed by atoms with Gasteiger partial charge in [-0.05, 0) is 62.6 Å². The Kier molecular flexibility index (Phi) is 9.47. The van der Waals surface area contributed by atoms with Crippen LogP contribution in [0.2, 0.25) is 0 Å². The van der Waals surface area contributed by atoms with Crippen LogP contribution in [0, 0.1) is 13.8 Å². The summed E-state index contributed by atoms with van der Waals surface area (Å²) in [6.45, 7) is 7.68. The van der Waals surface area contributed by atoms with Gasteiger partial charge in [0, 0.05) is 13.1 Å². The highest BCUT2D eigenvalue weighted by Crippen LogP contribution is 2.25. The highest BCUT2D eigenvalue weighted by molar-refractivity contribution is 7.92. The van der Waals surface area contributed by atoms with Crippen LogP contribution in [0.15, 0.2) is 83.8 Å². The molecule has 7 nitrogen and oxygen atoms in total. The third-order valence-corrected chi connectivity index (χ3v) is 7.88. The topological polar surface area (TPSA) is 86.8 Å². The molecular formula is C29H35N3O4S. The number of sulfonamides is 1. The quantitative estimate of drug-likeness (QED) is 0.404. The summed E-state index contributed by atoms with van der Waals surface area (Å²) in [6.07, 6.45) is 0.765. The Morgan fingerprint density at radius 2 is 1.57 bits per heavy atom. The van der Waals surface area contributed by atoms with Gasteiger partial charge in [0.25, 0.3) is 10.0 Å². The molecule has 0 radical (unpaired) electrons. The fraction of sp³-hybridized carbons (Fsp3) is 0.310. The second-order valence-corrected chi connectivity index (χ2v) is 11.0. The molecule has 2 amide bonds. The first-order valence-corrected chi connectivity index (χ1v) is 13.8. The minimum atomic E-state index is -4.05. The second kappa shape index (κ2) is 12.5. The minimum absolute atomic E-state index is 0.0862. The molecule has 0 aliphatic carbocycles. The summed E-state index contributed by atoms with van der Waals surface area (Å²) in [5.74, 6) is -0.754. The lowest BCUT2D eigenvalue weighted by Crippen LogP contribution is -2.51. The summed E-state index contributed by atoms with van der Waals surface area (Å²) in [7, 11) is -4.05. The summed E-state index contributed by atoms with van der Waals surface area (Å²) in [5.41, 5.74) is 3.18. The van der Waals surface area contributed by atoms with E-state index in [1.54, 1.807) is 43.3 Å². The van der Waals surface area contributed by atoms with Gasteiger partial charge in [0.2, 0.25) is 11.8 Å². The Labute approximate surface area is 220 Å². The van der Waals surface area contributed by atoms with Gasteiger partial charge in [-0.3, -0.25) is 13.9 Å². The van der Waals surface area contributed by atoms with Gasteiger partial charge in [-0.25, -0.2) is 8.42 Å². The number of nitrogens with zero attached hydrogens (tertiary/aromatic N) is 2. The number of hydrogen-bond acceptors (Lipinski definition) is 4. The van der Waals surface area contributed by atoms with Gasteiger partial charge < -0.3 is 10.2 Å². The SMILES string of the molecule is CCCNC(=O)C(C)N(Cc1ccc(C)cc1)C(=O)CN(c1cccc(C)c1)S(=O)(=O)c1ccccc1. The molecule has 0 saturated heterocycles. The molecular weight excluding hydrogens is 486 g/mol. The van der Waals surface area contributed by atoms with Crippen LogP contribution in [-0.4, -0.2) is 44.3 Å². The summed E-state index contributed by atoms with van der Waals surface area (Å²) in [5, 5.41) is 2.85. The Hall–Kier alpha value is -3.65. The molecule has 1 atom stereocenters. The van der Waals surface area contributed by atoms with Crippen LogP contribution in [0.4, 0.5) is 5.69 Å². The van der Waals surface area contributed by atoms with Crippen molar-refractivity contribution in [3.63, 3.8) is 0 Å². The second-order valence-electron chi connectivity index (χ2n) is 9.14. The van der Waals surface area contributed by atoms with Crippen LogP contribution in [0.5, 0.6) is 0 Å². The Morgan fingerprint density at radius 1 is 0.892 bits per heavy atom. The monoisotopic (exact) mass is 521 g/mol. The number of aryl methyl sites for hydroxylation is 2. The zero-order chi connectivity index (χ0) is 27.0. The zero-order valence-electron chi connectivity index (χ0n) is 21.8. The van der Waals surface area contributed by atoms with Crippen molar-refractivity contribution < 1.29 is 18.0 Å². The van der Waals surface area contributed by atoms with Crippen LogP contribution in [0.3, 0.4) is 0 Å². The molecule has 0 spiro atoms. The van der Waals surface area contributed by atoms with E-state index in [0.29, 0.717) is 12.2 Å². The number of carbonyl (C=O) groups is 2. The molecule has 3 rings (SSSR count). The van der Waals surface area contributed by atoms with E-state index < -0.39 is 28.5 Å². The van der Waals surface area contributed by atoms with Crippen molar-refractivity contribution in [1.29, 1.82) is 0 Å². The number of rotatable bonds is 11. The number of hydrogen-bond donors (Lipinski definition) is 1. The number of amides is 2. The third-order valence-electron chi connectivity index (χ3n) is 6.09. The maximum atomic E-state index is 13.8. The van der Waals surface area contributed by atoms with Gasteiger partial charge in [-0.1, -0.05) is 67.1 Å². The average Bonchev–Trinajstić information content (AvgIpc) is 2.89. The molecule has 0 saturated carbocycles. The molecule has 0 bridgehead atoms. The van der Waals surface area contributed by atoms with Crippen LogP contribution in [-0.2, 0) is 26.2 Å². The van der Waals surface area contributed by atoms with E-state index in [2.05, 4.69) is 5.32 Å². The normalized spacial score (nSPS) is 12.0. The largest absolute Gasteiger partial charge is 0.354 e. The number of carbonyl (C=O) groups excluding carboxylic acids is 2. The molecule has 3 aromatic rings. The first-order valence-electron chi connectivity index (χ1n) is 12.4. The van der Waals surface area contributed by atoms with E-state index in [-0.39, 0.29) is 17.3 Å². The molecule has 3 aromatic carbocycles. The molecule has 37 heavy (non-hydrogen) atoms. The lowest BCUT2D eigenvalue weighted by atomic mass is 10.1. The number of benzene rings is 3. The van der Waals surface area contributed by atoms with Gasteiger partial charge >= 0.3 is 0 Å². The van der Waals surface area contributed by atoms with Crippen LogP contribution in [0.25, 0.3) is 0 Å². The van der Waals surface area contributed by atoms with Crippen molar-refractivity contribution in [3.05, 3.63) is 95.6 Å². The predicted molar refractivity (Wildman–Crippen MR) is 147 cm³/mol. The molecule has 0 aliphatic heterocycles. The van der Waals surface area contributed by atoms with E-state index in [9.17, 15) is 18.0 Å². The maximum absolute atomic E-state index is 13.8. The molecule has 0 heterocycles. The third kappa shape index (κ3) is 7.20. The lowest BCUT2D eigenvalue weighted by Gasteiger charge is -2.32. The van der Waals surface area contributed by atoms with Crippen molar-refractivity contribution in [3.8, 4) is 0 Å². The summed E-state index contributed by atoms with van der Waals surface area (Å²) < 4.78 is 28.6. The maximum Gasteiger partial charge on any atom is 0.264 e. The van der Waals surface area contributed by atoms with E-state index >= 15 is 0 Å². The van der Waals surface area contributed by atoms with Crippen LogP contribution < -0.4 is 9.62 Å². The first kappa shape index (κ1) is 27.9. The standard InChI is InChI=1S/C29H35N3O4S/c1-5-18-30-29(34)24(4)31(20-25-16-14-22(2)15-17-25)28(33)21-32(26-11-9-10-23(3)19-26)37(35,36)27-12-7-6-8-13-27/h6-17,19,24H,5,18,20-21H2,1-4H3,(H,30,34). The van der Waals surface area contributed by atoms with Gasteiger partial charge in [0.15, 0.2) is 0 Å². The Morgan fingerprint density at radius 3 is 2.19 bits per heavy atom. The van der Waals surface area contributed by atoms with Crippen LogP contribution in [0.1, 0.15) is 37.0 Å². The Bertz CT molecular complexity index is 1310. The fourth-order valence-corrected chi connectivity index (χ4v) is 5.33. The van der Waals surface area contributed by atoms with Crippen LogP contribution >= 0.6 is 0 Å². The highest BCUT2D eigenvalue weighted by Gasteiger charge is 2.32. The van der Waals surface area contributed by atoms with Crippen molar-refractivity contribution >= 4 is 27.5 Å². The molecule has 0 aromatic heterocycles. The van der Waals surface area contributed by atoms with E-state index in [0.717, 1.165) is 27.4 Å². The van der Waals surface area contributed by atoms with Crippen molar-refractivity contribution in [2.75, 3.05) is 17.4 Å². The van der Waals surface area contributed by atoms with Crippen molar-refractivity contribution in [2.45, 2.75) is 51.6 Å². The highest BCUT2D eigenvalue weighted by atomic mass is 32.2. The summed E-state index contributed by atoms with van der Waals surface area (Å²) >= 11 is 0. The van der Waals surface area contributed by atoms with E-state index in [1.165, 1.54) is 17.0 Å². The van der Waals surface area contributed by atoms with Gasteiger partial charge in [0.05, 0.1) is 10.6 Å². The fourth-order valence-electron chi connectivity index (χ4n) is 3.90. The van der Waals surface area contributed by atoms with E-state index in [1.807, 2.05) is 51.1 Å². The zero-order valence-corrected chi connectivity index (χ0v) is 22.7. The first-order chi connectivity index (χ1) is 17.6. The van der Waals surface area contributed by atoms with Gasteiger partial charge in [0.1, 0.15) is 12.6 Å². The Balaban J connectivity index is 2.00. The van der Waals surface area contributed by atoms with E-state index in [4.69, 9.17) is 0 Å². The summed E-state index contributed by atoms with van der Waals surface area (Å²) in [4.78, 5) is 28.2. The molecule has 0 aliphatic rings. The van der Waals surface area contributed by atoms with Crippen molar-refractivity contribution in [1.82, 2.24) is 10.2 Å². The lowest BCUT2D eigenvalue weighted by molar-refractivity contribution is -0.139. The molecule has 0 fully saturated rings.